The molecule has 1 N–H and O–H groups in total. The second kappa shape index (κ2) is 11.0. The normalized spacial score (nSPS) is 13.7. The molecule has 2 heterocycles. The van der Waals surface area contributed by atoms with Gasteiger partial charge in [-0.25, -0.2) is 4.98 Å². The van der Waals surface area contributed by atoms with Gasteiger partial charge in [-0.05, 0) is 55.8 Å². The molecule has 1 amide bonds. The fourth-order valence-electron chi connectivity index (χ4n) is 4.26. The van der Waals surface area contributed by atoms with Gasteiger partial charge in [-0.15, -0.1) is 5.92 Å². The second-order valence-corrected chi connectivity index (χ2v) is 8.87. The number of alkyl halides is 3. The molecule has 38 heavy (non-hydrogen) atoms. The standard InChI is InChI=1S/C28H27F3N4O3/c1-4-5-15-35-26(37)23-17-34(25(36)20-8-12-22(38-3)13-9-20)16-14-24(23)33-27(35)32-18(2)19-6-10-21(11-7-19)28(29,30)31/h6-13,18H,14-17H2,1-3H3,(H,32,33)/t18-/m0/s1. The Kier molecular flexibility index (Phi) is 7.76. The van der Waals surface area contributed by atoms with Crippen LogP contribution in [0.15, 0.2) is 53.3 Å². The number of fused-ring (bicyclic) bond motifs is 1. The molecule has 0 unspecified atom stereocenters. The number of aromatic nitrogens is 2. The van der Waals surface area contributed by atoms with Crippen molar-refractivity contribution < 1.29 is 22.7 Å². The number of halogens is 3. The van der Waals surface area contributed by atoms with Crippen molar-refractivity contribution >= 4 is 11.9 Å². The van der Waals surface area contributed by atoms with Gasteiger partial charge < -0.3 is 15.0 Å². The highest BCUT2D eigenvalue weighted by Gasteiger charge is 2.30. The predicted octanol–water partition coefficient (Wildman–Crippen LogP) is 4.67. The number of anilines is 1. The van der Waals surface area contributed by atoms with E-state index < -0.39 is 17.8 Å². The Labute approximate surface area is 218 Å². The van der Waals surface area contributed by atoms with Gasteiger partial charge in [0.25, 0.3) is 11.5 Å². The van der Waals surface area contributed by atoms with Crippen LogP contribution in [-0.4, -0.2) is 34.0 Å². The van der Waals surface area contributed by atoms with Crippen molar-refractivity contribution in [3.8, 4) is 17.6 Å². The highest BCUT2D eigenvalue weighted by molar-refractivity contribution is 5.94. The van der Waals surface area contributed by atoms with Crippen LogP contribution in [0.2, 0.25) is 0 Å². The molecule has 0 fully saturated rings. The topological polar surface area (TPSA) is 76.5 Å². The zero-order valence-electron chi connectivity index (χ0n) is 21.2. The summed E-state index contributed by atoms with van der Waals surface area (Å²) in [7, 11) is 1.55. The molecule has 0 radical (unpaired) electrons. The highest BCUT2D eigenvalue weighted by atomic mass is 19.4. The summed E-state index contributed by atoms with van der Waals surface area (Å²) >= 11 is 0. The van der Waals surface area contributed by atoms with Gasteiger partial charge in [0.05, 0.1) is 43.1 Å². The van der Waals surface area contributed by atoms with Crippen LogP contribution in [0.1, 0.15) is 52.6 Å². The molecular weight excluding hydrogens is 497 g/mol. The minimum Gasteiger partial charge on any atom is -0.497 e. The average molecular weight is 525 g/mol. The third-order valence-electron chi connectivity index (χ3n) is 6.44. The van der Waals surface area contributed by atoms with E-state index >= 15 is 0 Å². The zero-order chi connectivity index (χ0) is 27.4. The predicted molar refractivity (Wildman–Crippen MR) is 137 cm³/mol. The third kappa shape index (κ3) is 5.67. The van der Waals surface area contributed by atoms with Crippen molar-refractivity contribution in [2.45, 2.75) is 45.6 Å². The number of methoxy groups -OCH3 is 1. The van der Waals surface area contributed by atoms with Crippen LogP contribution in [0.4, 0.5) is 19.1 Å². The first-order valence-corrected chi connectivity index (χ1v) is 12.0. The van der Waals surface area contributed by atoms with E-state index in [1.54, 1.807) is 50.1 Å². The summed E-state index contributed by atoms with van der Waals surface area (Å²) in [5.74, 6) is 6.36. The molecule has 0 saturated carbocycles. The molecule has 10 heteroatoms. The van der Waals surface area contributed by atoms with E-state index in [9.17, 15) is 22.8 Å². The van der Waals surface area contributed by atoms with Gasteiger partial charge in [-0.1, -0.05) is 18.1 Å². The van der Waals surface area contributed by atoms with Gasteiger partial charge in [-0.2, -0.15) is 13.2 Å². The Morgan fingerprint density at radius 1 is 1.16 bits per heavy atom. The van der Waals surface area contributed by atoms with Gasteiger partial charge in [0, 0.05) is 18.5 Å². The number of carbonyl (C=O) groups is 1. The lowest BCUT2D eigenvalue weighted by Crippen LogP contribution is -2.41. The molecule has 7 nitrogen and oxygen atoms in total. The van der Waals surface area contributed by atoms with Crippen LogP contribution in [0.5, 0.6) is 5.75 Å². The van der Waals surface area contributed by atoms with Crippen LogP contribution < -0.4 is 15.6 Å². The van der Waals surface area contributed by atoms with Gasteiger partial charge in [0.2, 0.25) is 5.95 Å². The van der Waals surface area contributed by atoms with Crippen LogP contribution in [0.25, 0.3) is 0 Å². The summed E-state index contributed by atoms with van der Waals surface area (Å²) in [4.78, 5) is 32.9. The average Bonchev–Trinajstić information content (AvgIpc) is 2.92. The Bertz CT molecular complexity index is 1440. The van der Waals surface area contributed by atoms with Crippen LogP contribution in [0.3, 0.4) is 0 Å². The van der Waals surface area contributed by atoms with E-state index in [0.29, 0.717) is 41.1 Å². The molecule has 0 bridgehead atoms. The van der Waals surface area contributed by atoms with Crippen molar-refractivity contribution in [3.63, 3.8) is 0 Å². The first kappa shape index (κ1) is 26.8. The number of hydrogen-bond acceptors (Lipinski definition) is 5. The second-order valence-electron chi connectivity index (χ2n) is 8.87. The van der Waals surface area contributed by atoms with Crippen LogP contribution in [-0.2, 0) is 25.7 Å². The molecule has 1 aromatic heterocycles. The van der Waals surface area contributed by atoms with E-state index in [-0.39, 0.29) is 30.5 Å². The molecule has 198 valence electrons. The van der Waals surface area contributed by atoms with Crippen molar-refractivity contribution in [3.05, 3.63) is 86.8 Å². The maximum atomic E-state index is 13.5. The Balaban J connectivity index is 1.61. The number of benzene rings is 2. The summed E-state index contributed by atoms with van der Waals surface area (Å²) in [5, 5.41) is 3.17. The highest BCUT2D eigenvalue weighted by Crippen LogP contribution is 2.30. The zero-order valence-corrected chi connectivity index (χ0v) is 21.2. The van der Waals surface area contributed by atoms with E-state index in [0.717, 1.165) is 12.1 Å². The number of amides is 1. The summed E-state index contributed by atoms with van der Waals surface area (Å²) in [5.41, 5.74) is 1.05. The molecule has 1 aliphatic heterocycles. The van der Waals surface area contributed by atoms with Gasteiger partial charge in [0.15, 0.2) is 0 Å². The number of nitrogens with zero attached hydrogens (tertiary/aromatic N) is 3. The summed E-state index contributed by atoms with van der Waals surface area (Å²) in [6, 6.07) is 11.2. The number of hydrogen-bond donors (Lipinski definition) is 1. The van der Waals surface area contributed by atoms with Crippen molar-refractivity contribution in [1.29, 1.82) is 0 Å². The molecule has 1 atom stereocenters. The molecule has 2 aromatic carbocycles. The minimum atomic E-state index is -4.42. The largest absolute Gasteiger partial charge is 0.497 e. The molecule has 0 aliphatic carbocycles. The Hall–Kier alpha value is -4.26. The monoisotopic (exact) mass is 524 g/mol. The summed E-state index contributed by atoms with van der Waals surface area (Å²) < 4.78 is 45.4. The van der Waals surface area contributed by atoms with Crippen LogP contribution in [0, 0.1) is 11.8 Å². The first-order chi connectivity index (χ1) is 18.1. The SMILES string of the molecule is CC#CCn1c(N[C@@H](C)c2ccc(C(F)(F)F)cc2)nc2c(c1=O)CN(C(=O)c1ccc(OC)cc1)CC2. The smallest absolute Gasteiger partial charge is 0.416 e. The number of nitrogens with one attached hydrogen (secondary N) is 1. The molecule has 0 spiro atoms. The van der Waals surface area contributed by atoms with Crippen molar-refractivity contribution in [2.75, 3.05) is 19.0 Å². The van der Waals surface area contributed by atoms with E-state index in [1.165, 1.54) is 16.7 Å². The Morgan fingerprint density at radius 3 is 2.45 bits per heavy atom. The summed E-state index contributed by atoms with van der Waals surface area (Å²) in [6.45, 7) is 4.00. The fourth-order valence-corrected chi connectivity index (χ4v) is 4.26. The first-order valence-electron chi connectivity index (χ1n) is 12.0. The maximum absolute atomic E-state index is 13.5. The van der Waals surface area contributed by atoms with Gasteiger partial charge in [0.1, 0.15) is 5.75 Å². The maximum Gasteiger partial charge on any atom is 0.416 e. The molecule has 1 aliphatic rings. The van der Waals surface area contributed by atoms with Gasteiger partial charge in [-0.3, -0.25) is 14.2 Å². The quantitative estimate of drug-likeness (QED) is 0.475. The molecule has 0 saturated heterocycles. The summed E-state index contributed by atoms with van der Waals surface area (Å²) in [6.07, 6.45) is -4.03. The van der Waals surface area contributed by atoms with Gasteiger partial charge >= 0.3 is 6.18 Å². The Morgan fingerprint density at radius 2 is 1.84 bits per heavy atom. The van der Waals surface area contributed by atoms with E-state index in [2.05, 4.69) is 22.1 Å². The number of ether oxygens (including phenoxy) is 1. The van der Waals surface area contributed by atoms with Crippen LogP contribution >= 0.6 is 0 Å². The number of rotatable bonds is 6. The number of carbonyl (C=O) groups excluding carboxylic acids is 1. The van der Waals surface area contributed by atoms with Crippen molar-refractivity contribution in [2.24, 2.45) is 0 Å². The lowest BCUT2D eigenvalue weighted by Gasteiger charge is -2.29. The fraction of sp³-hybridized carbons (Fsp3) is 0.321. The van der Waals surface area contributed by atoms with E-state index in [1.807, 2.05) is 0 Å². The molecular formula is C28H27F3N4O3. The third-order valence-corrected chi connectivity index (χ3v) is 6.44. The van der Waals surface area contributed by atoms with E-state index in [4.69, 9.17) is 4.74 Å². The van der Waals surface area contributed by atoms with Crippen molar-refractivity contribution in [1.82, 2.24) is 14.5 Å². The molecule has 4 rings (SSSR count). The molecule has 3 aromatic rings. The minimum absolute atomic E-state index is 0.0735. The lowest BCUT2D eigenvalue weighted by molar-refractivity contribution is -0.137. The lowest BCUT2D eigenvalue weighted by atomic mass is 10.0.